The van der Waals surface area contributed by atoms with Crippen molar-refractivity contribution in [3.8, 4) is 5.75 Å². The molecular weight excluding hydrogens is 326 g/mol. The van der Waals surface area contributed by atoms with Crippen LogP contribution in [0.25, 0.3) is 0 Å². The lowest BCUT2D eigenvalue weighted by molar-refractivity contribution is -0.312. The fourth-order valence-corrected chi connectivity index (χ4v) is 2.40. The summed E-state index contributed by atoms with van der Waals surface area (Å²) in [5.41, 5.74) is 0. The number of carbonyl (C=O) groups excluding carboxylic acids is 2. The Kier molecular flexibility index (Phi) is 5.00. The van der Waals surface area contributed by atoms with Crippen LogP contribution in [-0.2, 0) is 9.59 Å². The van der Waals surface area contributed by atoms with Crippen LogP contribution in [0.15, 0.2) is 28.7 Å². The summed E-state index contributed by atoms with van der Waals surface area (Å²) in [5, 5.41) is 10.7. The molecule has 0 N–H and O–H groups in total. The van der Waals surface area contributed by atoms with Crippen LogP contribution >= 0.6 is 15.9 Å². The summed E-state index contributed by atoms with van der Waals surface area (Å²) in [7, 11) is 0. The molecule has 1 aliphatic rings. The quantitative estimate of drug-likeness (QED) is 0.813. The number of nitrogens with zero attached hydrogens (tertiary/aromatic N) is 1. The van der Waals surface area contributed by atoms with Gasteiger partial charge in [0, 0.05) is 29.4 Å². The van der Waals surface area contributed by atoms with Crippen LogP contribution in [0.1, 0.15) is 12.8 Å². The van der Waals surface area contributed by atoms with E-state index in [9.17, 15) is 14.7 Å². The number of rotatable bonds is 4. The highest BCUT2D eigenvalue weighted by Gasteiger charge is 2.23. The molecular formula is C14H15BrNO4-. The van der Waals surface area contributed by atoms with Gasteiger partial charge < -0.3 is 19.5 Å². The number of carboxylic acids is 1. The van der Waals surface area contributed by atoms with Crippen LogP contribution in [0.3, 0.4) is 0 Å². The number of halogens is 1. The molecule has 5 nitrogen and oxygen atoms in total. The van der Waals surface area contributed by atoms with Crippen molar-refractivity contribution in [3.05, 3.63) is 28.7 Å². The molecule has 1 aromatic rings. The molecule has 0 spiro atoms. The van der Waals surface area contributed by atoms with Crippen LogP contribution in [0.2, 0.25) is 0 Å². The Bertz CT molecular complexity index is 480. The standard InChI is InChI=1S/C14H16BrNO4/c15-11-1-3-12(4-2-11)20-9-13(17)16-7-5-10(6-8-16)14(18)19/h1-4,10H,5-9H2,(H,18,19)/p-1. The van der Waals surface area contributed by atoms with Crippen LogP contribution in [0, 0.1) is 5.92 Å². The Labute approximate surface area is 125 Å². The van der Waals surface area contributed by atoms with Crippen molar-refractivity contribution in [2.45, 2.75) is 12.8 Å². The number of amides is 1. The predicted octanol–water partition coefficient (Wildman–Crippen LogP) is 0.816. The number of carboxylic acid groups (broad SMARTS) is 1. The maximum absolute atomic E-state index is 11.9. The number of hydrogen-bond acceptors (Lipinski definition) is 4. The first-order chi connectivity index (χ1) is 9.56. The number of likely N-dealkylation sites (tertiary alicyclic amines) is 1. The van der Waals surface area contributed by atoms with E-state index >= 15 is 0 Å². The highest BCUT2D eigenvalue weighted by Crippen LogP contribution is 2.18. The molecule has 0 radical (unpaired) electrons. The molecule has 1 aromatic carbocycles. The summed E-state index contributed by atoms with van der Waals surface area (Å²) in [5.74, 6) is -0.953. The molecule has 0 unspecified atom stereocenters. The fraction of sp³-hybridized carbons (Fsp3) is 0.429. The molecule has 0 aromatic heterocycles. The minimum absolute atomic E-state index is 0.0301. The molecule has 2 rings (SSSR count). The van der Waals surface area contributed by atoms with Gasteiger partial charge >= 0.3 is 0 Å². The van der Waals surface area contributed by atoms with E-state index in [-0.39, 0.29) is 12.5 Å². The number of piperidine rings is 1. The van der Waals surface area contributed by atoms with Crippen molar-refractivity contribution in [2.75, 3.05) is 19.7 Å². The molecule has 1 saturated heterocycles. The van der Waals surface area contributed by atoms with E-state index in [0.717, 1.165) is 4.47 Å². The van der Waals surface area contributed by atoms with Crippen LogP contribution in [0.4, 0.5) is 0 Å². The van der Waals surface area contributed by atoms with E-state index < -0.39 is 11.9 Å². The summed E-state index contributed by atoms with van der Waals surface area (Å²) in [4.78, 5) is 24.3. The van der Waals surface area contributed by atoms with Gasteiger partial charge in [-0.3, -0.25) is 4.79 Å². The number of carbonyl (C=O) groups is 2. The Hall–Kier alpha value is -1.56. The summed E-state index contributed by atoms with van der Waals surface area (Å²) in [6.07, 6.45) is 0.902. The SMILES string of the molecule is O=C([O-])C1CCN(C(=O)COc2ccc(Br)cc2)CC1. The molecule has 1 amide bonds. The molecule has 6 heteroatoms. The van der Waals surface area contributed by atoms with Gasteiger partial charge in [-0.05, 0) is 37.1 Å². The van der Waals surface area contributed by atoms with Crippen molar-refractivity contribution < 1.29 is 19.4 Å². The zero-order chi connectivity index (χ0) is 14.5. The molecule has 108 valence electrons. The van der Waals surface area contributed by atoms with Gasteiger partial charge in [0.1, 0.15) is 5.75 Å². The van der Waals surface area contributed by atoms with Gasteiger partial charge in [0.05, 0.1) is 0 Å². The van der Waals surface area contributed by atoms with E-state index in [1.165, 1.54) is 0 Å². The second-order valence-corrected chi connectivity index (χ2v) is 5.63. The van der Waals surface area contributed by atoms with Crippen LogP contribution in [0.5, 0.6) is 5.75 Å². The van der Waals surface area contributed by atoms with Crippen LogP contribution < -0.4 is 9.84 Å². The Balaban J connectivity index is 1.78. The van der Waals surface area contributed by atoms with Crippen LogP contribution in [-0.4, -0.2) is 36.5 Å². The van der Waals surface area contributed by atoms with Gasteiger partial charge in [-0.2, -0.15) is 0 Å². The summed E-state index contributed by atoms with van der Waals surface area (Å²) >= 11 is 3.32. The fourth-order valence-electron chi connectivity index (χ4n) is 2.13. The predicted molar refractivity (Wildman–Crippen MR) is 73.9 cm³/mol. The largest absolute Gasteiger partial charge is 0.550 e. The highest BCUT2D eigenvalue weighted by molar-refractivity contribution is 9.10. The van der Waals surface area contributed by atoms with Gasteiger partial charge in [0.2, 0.25) is 0 Å². The third kappa shape index (κ3) is 3.96. The van der Waals surface area contributed by atoms with Crippen molar-refractivity contribution in [3.63, 3.8) is 0 Å². The highest BCUT2D eigenvalue weighted by atomic mass is 79.9. The monoisotopic (exact) mass is 340 g/mol. The molecule has 1 aliphatic heterocycles. The molecule has 0 saturated carbocycles. The number of hydrogen-bond donors (Lipinski definition) is 0. The zero-order valence-electron chi connectivity index (χ0n) is 10.9. The van der Waals surface area contributed by atoms with Gasteiger partial charge in [-0.1, -0.05) is 15.9 Å². The summed E-state index contributed by atoms with van der Waals surface area (Å²) in [6.45, 7) is 0.861. The second-order valence-electron chi connectivity index (χ2n) is 4.72. The normalized spacial score (nSPS) is 15.9. The minimum atomic E-state index is -1.02. The van der Waals surface area contributed by atoms with E-state index in [0.29, 0.717) is 31.7 Å². The Morgan fingerprint density at radius 3 is 2.40 bits per heavy atom. The van der Waals surface area contributed by atoms with E-state index in [2.05, 4.69) is 15.9 Å². The topological polar surface area (TPSA) is 69.7 Å². The molecule has 0 bridgehead atoms. The maximum atomic E-state index is 11.9. The molecule has 1 heterocycles. The van der Waals surface area contributed by atoms with Gasteiger partial charge in [-0.15, -0.1) is 0 Å². The Morgan fingerprint density at radius 2 is 1.85 bits per heavy atom. The summed E-state index contributed by atoms with van der Waals surface area (Å²) in [6, 6.07) is 7.23. The lowest BCUT2D eigenvalue weighted by atomic mass is 9.97. The average molecular weight is 341 g/mol. The minimum Gasteiger partial charge on any atom is -0.550 e. The number of benzene rings is 1. The molecule has 0 aliphatic carbocycles. The smallest absolute Gasteiger partial charge is 0.260 e. The first-order valence-electron chi connectivity index (χ1n) is 6.43. The van der Waals surface area contributed by atoms with E-state index in [1.807, 2.05) is 12.1 Å². The number of ether oxygens (including phenoxy) is 1. The maximum Gasteiger partial charge on any atom is 0.260 e. The second kappa shape index (κ2) is 6.74. The van der Waals surface area contributed by atoms with Crippen molar-refractivity contribution in [1.82, 2.24) is 4.90 Å². The first kappa shape index (κ1) is 14.8. The van der Waals surface area contributed by atoms with Gasteiger partial charge in [0.15, 0.2) is 6.61 Å². The average Bonchev–Trinajstić information content (AvgIpc) is 2.46. The third-order valence-corrected chi connectivity index (χ3v) is 3.89. The van der Waals surface area contributed by atoms with Gasteiger partial charge in [0.25, 0.3) is 5.91 Å². The summed E-state index contributed by atoms with van der Waals surface area (Å²) < 4.78 is 6.35. The van der Waals surface area contributed by atoms with E-state index in [4.69, 9.17) is 4.74 Å². The van der Waals surface area contributed by atoms with Gasteiger partial charge in [-0.25, -0.2) is 0 Å². The zero-order valence-corrected chi connectivity index (χ0v) is 12.5. The molecule has 20 heavy (non-hydrogen) atoms. The third-order valence-electron chi connectivity index (χ3n) is 3.36. The van der Waals surface area contributed by atoms with Crippen molar-refractivity contribution in [1.29, 1.82) is 0 Å². The van der Waals surface area contributed by atoms with E-state index in [1.54, 1.807) is 17.0 Å². The Morgan fingerprint density at radius 1 is 1.25 bits per heavy atom. The van der Waals surface area contributed by atoms with Crippen molar-refractivity contribution >= 4 is 27.8 Å². The first-order valence-corrected chi connectivity index (χ1v) is 7.22. The number of aliphatic carboxylic acids is 1. The lowest BCUT2D eigenvalue weighted by Gasteiger charge is -2.32. The molecule has 1 fully saturated rings. The van der Waals surface area contributed by atoms with Crippen molar-refractivity contribution in [2.24, 2.45) is 5.92 Å². The molecule has 0 atom stereocenters. The lowest BCUT2D eigenvalue weighted by Crippen LogP contribution is -2.45.